The maximum Gasteiger partial charge on any atom is 0.294 e. The Balaban J connectivity index is 1.89. The summed E-state index contributed by atoms with van der Waals surface area (Å²) in [5, 5.41) is 11.7. The third-order valence-electron chi connectivity index (χ3n) is 5.76. The van der Waals surface area contributed by atoms with E-state index in [2.05, 4.69) is 4.98 Å². The van der Waals surface area contributed by atoms with Crippen molar-refractivity contribution in [2.24, 2.45) is 0 Å². The van der Waals surface area contributed by atoms with Crippen LogP contribution in [0.4, 0.5) is 5.69 Å². The van der Waals surface area contributed by atoms with Gasteiger partial charge in [0.25, 0.3) is 5.91 Å². The topological polar surface area (TPSA) is 79.7 Å². The van der Waals surface area contributed by atoms with Gasteiger partial charge in [0.15, 0.2) is 5.76 Å². The summed E-state index contributed by atoms with van der Waals surface area (Å²) < 4.78 is 5.26. The Morgan fingerprint density at radius 1 is 1.06 bits per heavy atom. The Hall–Kier alpha value is -3.45. The Labute approximate surface area is 190 Å². The molecule has 1 aliphatic rings. The van der Waals surface area contributed by atoms with Crippen LogP contribution in [0.25, 0.3) is 0 Å². The van der Waals surface area contributed by atoms with Crippen LogP contribution in [0.1, 0.15) is 43.1 Å². The van der Waals surface area contributed by atoms with E-state index >= 15 is 0 Å². The fraction of sp³-hybridized carbons (Fsp3) is 0.240. The van der Waals surface area contributed by atoms with Crippen molar-refractivity contribution in [2.75, 3.05) is 12.0 Å². The first-order valence-corrected chi connectivity index (χ1v) is 11.0. The van der Waals surface area contributed by atoms with Gasteiger partial charge in [0.2, 0.25) is 5.78 Å². The molecule has 6 nitrogen and oxygen atoms in total. The van der Waals surface area contributed by atoms with Gasteiger partial charge in [-0.2, -0.15) is 0 Å². The lowest BCUT2D eigenvalue weighted by molar-refractivity contribution is -0.117. The summed E-state index contributed by atoms with van der Waals surface area (Å²) in [5.74, 6) is -0.854. The van der Waals surface area contributed by atoms with Gasteiger partial charge < -0.3 is 9.84 Å². The number of aliphatic hydroxyl groups is 1. The number of hydrogen-bond acceptors (Lipinski definition) is 6. The standard InChI is InChI=1S/C25H24N2O4S/c1-13-6-9-18(12-14(13)2)27-21(17-7-10-19(31-5)11-8-17)20(23(29)25(27)30)22(28)24-15(3)26-16(4)32-24/h6-12,21,29H,1-5H3. The van der Waals surface area contributed by atoms with Crippen LogP contribution >= 0.6 is 11.3 Å². The number of nitrogens with zero attached hydrogens (tertiary/aromatic N) is 2. The average Bonchev–Trinajstić information content (AvgIpc) is 3.25. The van der Waals surface area contributed by atoms with Crippen LogP contribution in [0.2, 0.25) is 0 Å². The second kappa shape index (κ2) is 8.24. The molecule has 3 aromatic rings. The van der Waals surface area contributed by atoms with Crippen LogP contribution in [0.15, 0.2) is 53.8 Å². The fourth-order valence-electron chi connectivity index (χ4n) is 3.94. The molecule has 1 amide bonds. The van der Waals surface area contributed by atoms with Crippen LogP contribution < -0.4 is 9.64 Å². The highest BCUT2D eigenvalue weighted by Gasteiger charge is 2.45. The van der Waals surface area contributed by atoms with E-state index in [1.54, 1.807) is 26.2 Å². The number of thiazole rings is 1. The number of benzene rings is 2. The van der Waals surface area contributed by atoms with Gasteiger partial charge in [-0.15, -0.1) is 11.3 Å². The van der Waals surface area contributed by atoms with E-state index in [4.69, 9.17) is 4.74 Å². The van der Waals surface area contributed by atoms with Gasteiger partial charge in [0, 0.05) is 5.69 Å². The highest BCUT2D eigenvalue weighted by atomic mass is 32.1. The number of anilines is 1. The molecule has 0 radical (unpaired) electrons. The van der Waals surface area contributed by atoms with Crippen LogP contribution in [0, 0.1) is 27.7 Å². The van der Waals surface area contributed by atoms with E-state index in [0.29, 0.717) is 27.6 Å². The monoisotopic (exact) mass is 448 g/mol. The van der Waals surface area contributed by atoms with Crippen LogP contribution in [0.3, 0.4) is 0 Å². The quantitative estimate of drug-likeness (QED) is 0.545. The average molecular weight is 449 g/mol. The SMILES string of the molecule is COc1ccc(C2C(C(=O)c3sc(C)nc3C)=C(O)C(=O)N2c2ccc(C)c(C)c2)cc1. The van der Waals surface area contributed by atoms with Crippen LogP contribution in [-0.4, -0.2) is 28.9 Å². The van der Waals surface area contributed by atoms with Gasteiger partial charge in [0.1, 0.15) is 5.75 Å². The highest BCUT2D eigenvalue weighted by molar-refractivity contribution is 7.14. The molecule has 1 aromatic heterocycles. The van der Waals surface area contributed by atoms with E-state index < -0.39 is 17.7 Å². The van der Waals surface area contributed by atoms with E-state index in [9.17, 15) is 14.7 Å². The van der Waals surface area contributed by atoms with Crippen molar-refractivity contribution in [2.45, 2.75) is 33.7 Å². The van der Waals surface area contributed by atoms with Gasteiger partial charge in [-0.3, -0.25) is 14.5 Å². The lowest BCUT2D eigenvalue weighted by Crippen LogP contribution is -2.31. The minimum atomic E-state index is -0.773. The molecule has 1 unspecified atom stereocenters. The molecule has 32 heavy (non-hydrogen) atoms. The summed E-state index contributed by atoms with van der Waals surface area (Å²) in [6, 6.07) is 12.0. The Morgan fingerprint density at radius 3 is 2.31 bits per heavy atom. The normalized spacial score (nSPS) is 16.1. The summed E-state index contributed by atoms with van der Waals surface area (Å²) in [6.07, 6.45) is 0. The summed E-state index contributed by atoms with van der Waals surface area (Å²) in [6.45, 7) is 7.54. The molecular weight excluding hydrogens is 424 g/mol. The molecule has 1 aliphatic heterocycles. The lowest BCUT2D eigenvalue weighted by Gasteiger charge is -2.27. The Bertz CT molecular complexity index is 1260. The number of hydrogen-bond donors (Lipinski definition) is 1. The van der Waals surface area contributed by atoms with Crippen molar-refractivity contribution < 1.29 is 19.4 Å². The predicted molar refractivity (Wildman–Crippen MR) is 125 cm³/mol. The number of aliphatic hydroxyl groups excluding tert-OH is 1. The van der Waals surface area contributed by atoms with E-state index in [1.165, 1.54) is 16.2 Å². The molecule has 0 bridgehead atoms. The van der Waals surface area contributed by atoms with Crippen molar-refractivity contribution in [3.8, 4) is 5.75 Å². The van der Waals surface area contributed by atoms with Crippen LogP contribution in [0.5, 0.6) is 5.75 Å². The molecule has 1 N–H and O–H groups in total. The third kappa shape index (κ3) is 3.58. The zero-order valence-corrected chi connectivity index (χ0v) is 19.4. The number of ketones is 1. The minimum absolute atomic E-state index is 0.0603. The first kappa shape index (κ1) is 21.8. The number of ether oxygens (including phenoxy) is 1. The van der Waals surface area contributed by atoms with E-state index in [1.807, 2.05) is 51.1 Å². The summed E-state index contributed by atoms with van der Waals surface area (Å²) in [5.41, 5.74) is 4.06. The summed E-state index contributed by atoms with van der Waals surface area (Å²) in [7, 11) is 1.57. The molecule has 0 spiro atoms. The highest BCUT2D eigenvalue weighted by Crippen LogP contribution is 2.43. The van der Waals surface area contributed by atoms with E-state index in [-0.39, 0.29) is 11.4 Å². The zero-order chi connectivity index (χ0) is 23.2. The van der Waals surface area contributed by atoms with Crippen LogP contribution in [-0.2, 0) is 4.79 Å². The van der Waals surface area contributed by atoms with Gasteiger partial charge in [-0.05, 0) is 68.7 Å². The minimum Gasteiger partial charge on any atom is -0.503 e. The molecule has 7 heteroatoms. The maximum absolute atomic E-state index is 13.6. The first-order valence-electron chi connectivity index (χ1n) is 10.2. The number of rotatable bonds is 5. The number of carbonyl (C=O) groups excluding carboxylic acids is 2. The molecule has 0 saturated carbocycles. The smallest absolute Gasteiger partial charge is 0.294 e. The third-order valence-corrected chi connectivity index (χ3v) is 6.83. The molecular formula is C25H24N2O4S. The Morgan fingerprint density at radius 2 is 1.75 bits per heavy atom. The molecule has 164 valence electrons. The number of aryl methyl sites for hydroxylation is 4. The second-order valence-electron chi connectivity index (χ2n) is 7.86. The number of aromatic nitrogens is 1. The molecule has 4 rings (SSSR count). The number of methoxy groups -OCH3 is 1. The molecule has 2 heterocycles. The van der Waals surface area contributed by atoms with Crippen molar-refractivity contribution in [1.29, 1.82) is 0 Å². The summed E-state index contributed by atoms with van der Waals surface area (Å²) >= 11 is 1.26. The van der Waals surface area contributed by atoms with Gasteiger partial charge >= 0.3 is 0 Å². The number of Topliss-reactive ketones (excluding diaryl/α,β-unsaturated/α-hetero) is 1. The predicted octanol–water partition coefficient (Wildman–Crippen LogP) is 5.17. The molecule has 0 aliphatic carbocycles. The van der Waals surface area contributed by atoms with Crippen molar-refractivity contribution >= 4 is 28.7 Å². The van der Waals surface area contributed by atoms with Gasteiger partial charge in [-0.25, -0.2) is 4.98 Å². The fourth-order valence-corrected chi connectivity index (χ4v) is 4.82. The molecule has 0 fully saturated rings. The van der Waals surface area contributed by atoms with Gasteiger partial charge in [0.05, 0.1) is 34.3 Å². The second-order valence-corrected chi connectivity index (χ2v) is 9.06. The van der Waals surface area contributed by atoms with Crippen molar-refractivity contribution in [3.63, 3.8) is 0 Å². The molecule has 0 saturated heterocycles. The molecule has 1 atom stereocenters. The first-order chi connectivity index (χ1) is 15.2. The lowest BCUT2D eigenvalue weighted by atomic mass is 9.94. The Kier molecular flexibility index (Phi) is 5.60. The van der Waals surface area contributed by atoms with Crippen molar-refractivity contribution in [1.82, 2.24) is 4.98 Å². The summed E-state index contributed by atoms with van der Waals surface area (Å²) in [4.78, 5) is 33.1. The van der Waals surface area contributed by atoms with E-state index in [0.717, 1.165) is 16.1 Å². The number of carbonyl (C=O) groups is 2. The zero-order valence-electron chi connectivity index (χ0n) is 18.6. The largest absolute Gasteiger partial charge is 0.503 e. The van der Waals surface area contributed by atoms with Crippen molar-refractivity contribution in [3.05, 3.63) is 86.1 Å². The van der Waals surface area contributed by atoms with Gasteiger partial charge in [-0.1, -0.05) is 18.2 Å². The number of amides is 1. The molecule has 2 aromatic carbocycles. The maximum atomic E-state index is 13.6.